The molecule has 0 bridgehead atoms. The molecule has 0 saturated heterocycles. The molecule has 0 spiro atoms. The van der Waals surface area contributed by atoms with E-state index in [1.807, 2.05) is 0 Å². The van der Waals surface area contributed by atoms with Gasteiger partial charge < -0.3 is 15.8 Å². The second-order valence-corrected chi connectivity index (χ2v) is 6.06. The van der Waals surface area contributed by atoms with Gasteiger partial charge in [0.15, 0.2) is 0 Å². The van der Waals surface area contributed by atoms with E-state index in [0.29, 0.717) is 24.8 Å². The highest BCUT2D eigenvalue weighted by atomic mass is 79.9. The monoisotopic (exact) mass is 358 g/mol. The molecule has 3 N–H and O–H groups in total. The summed E-state index contributed by atoms with van der Waals surface area (Å²) in [5, 5.41) is 2.73. The molecule has 1 aliphatic carbocycles. The summed E-state index contributed by atoms with van der Waals surface area (Å²) in [6.45, 7) is 0.864. The van der Waals surface area contributed by atoms with E-state index in [4.69, 9.17) is 10.5 Å². The molecule has 0 aromatic heterocycles. The first kappa shape index (κ1) is 16.4. The van der Waals surface area contributed by atoms with E-state index < -0.39 is 5.82 Å². The van der Waals surface area contributed by atoms with Gasteiger partial charge in [0.25, 0.3) is 5.91 Å². The van der Waals surface area contributed by atoms with Crippen LogP contribution in [-0.4, -0.2) is 31.2 Å². The van der Waals surface area contributed by atoms with E-state index >= 15 is 0 Å². The van der Waals surface area contributed by atoms with E-state index in [2.05, 4.69) is 21.2 Å². The molecule has 2 rings (SSSR count). The number of hydrogen-bond acceptors (Lipinski definition) is 3. The number of rotatable bonds is 5. The molecule has 21 heavy (non-hydrogen) atoms. The van der Waals surface area contributed by atoms with Crippen LogP contribution in [-0.2, 0) is 4.74 Å². The summed E-state index contributed by atoms with van der Waals surface area (Å²) in [6, 6.07) is 4.69. The lowest BCUT2D eigenvalue weighted by Gasteiger charge is -2.26. The number of benzene rings is 1. The van der Waals surface area contributed by atoms with Gasteiger partial charge in [0.2, 0.25) is 0 Å². The molecule has 0 unspecified atom stereocenters. The molecule has 1 aromatic carbocycles. The van der Waals surface area contributed by atoms with Crippen LogP contribution >= 0.6 is 15.9 Å². The van der Waals surface area contributed by atoms with E-state index in [-0.39, 0.29) is 16.5 Å². The number of nitrogens with two attached hydrogens (primary N) is 1. The predicted octanol–water partition coefficient (Wildman–Crippen LogP) is 2.60. The molecular formula is C15H20BrFN2O2. The van der Waals surface area contributed by atoms with Gasteiger partial charge in [-0.15, -0.1) is 0 Å². The Bertz CT molecular complexity index is 491. The zero-order valence-corrected chi connectivity index (χ0v) is 13.4. The fraction of sp³-hybridized carbons (Fsp3) is 0.533. The molecular weight excluding hydrogens is 339 g/mol. The summed E-state index contributed by atoms with van der Waals surface area (Å²) in [5.41, 5.74) is 6.13. The van der Waals surface area contributed by atoms with Gasteiger partial charge >= 0.3 is 0 Å². The maximum Gasteiger partial charge on any atom is 0.252 e. The van der Waals surface area contributed by atoms with Crippen molar-refractivity contribution < 1.29 is 13.9 Å². The molecule has 1 aliphatic rings. The number of halogens is 2. The Kier molecular flexibility index (Phi) is 6.14. The zero-order valence-electron chi connectivity index (χ0n) is 11.8. The average molecular weight is 359 g/mol. The van der Waals surface area contributed by atoms with Gasteiger partial charge in [-0.2, -0.15) is 0 Å². The minimum Gasteiger partial charge on any atom is -0.376 e. The van der Waals surface area contributed by atoms with E-state index in [1.165, 1.54) is 12.1 Å². The Morgan fingerprint density at radius 2 is 2.10 bits per heavy atom. The predicted molar refractivity (Wildman–Crippen MR) is 82.6 cm³/mol. The number of carbonyl (C=O) groups excluding carboxylic acids is 1. The van der Waals surface area contributed by atoms with Crippen molar-refractivity contribution in [1.29, 1.82) is 0 Å². The van der Waals surface area contributed by atoms with Gasteiger partial charge in [-0.3, -0.25) is 4.79 Å². The van der Waals surface area contributed by atoms with Crippen LogP contribution in [0.15, 0.2) is 22.7 Å². The molecule has 1 fully saturated rings. The van der Waals surface area contributed by atoms with Crippen LogP contribution in [0.2, 0.25) is 0 Å². The van der Waals surface area contributed by atoms with E-state index in [1.54, 1.807) is 6.07 Å². The van der Waals surface area contributed by atoms with Crippen LogP contribution < -0.4 is 11.1 Å². The smallest absolute Gasteiger partial charge is 0.252 e. The minimum atomic E-state index is -0.447. The average Bonchev–Trinajstić information content (AvgIpc) is 2.48. The Morgan fingerprint density at radius 3 is 2.81 bits per heavy atom. The Hall–Kier alpha value is -0.980. The van der Waals surface area contributed by atoms with Crippen LogP contribution in [0, 0.1) is 5.82 Å². The second-order valence-electron chi connectivity index (χ2n) is 5.26. The SMILES string of the molecule is NC1CCC(OCCNC(=O)c2cccc(F)c2Br)CC1. The zero-order chi connectivity index (χ0) is 15.2. The van der Waals surface area contributed by atoms with E-state index in [9.17, 15) is 9.18 Å². The molecule has 116 valence electrons. The highest BCUT2D eigenvalue weighted by Gasteiger charge is 2.19. The normalized spacial score (nSPS) is 22.0. The molecule has 4 nitrogen and oxygen atoms in total. The quantitative estimate of drug-likeness (QED) is 0.795. The molecule has 0 aliphatic heterocycles. The topological polar surface area (TPSA) is 64.3 Å². The van der Waals surface area contributed by atoms with Crippen molar-refractivity contribution in [2.45, 2.75) is 37.8 Å². The Labute approximate surface area is 132 Å². The van der Waals surface area contributed by atoms with Gasteiger partial charge in [0, 0.05) is 12.6 Å². The Balaban J connectivity index is 1.71. The maximum absolute atomic E-state index is 13.3. The largest absolute Gasteiger partial charge is 0.376 e. The van der Waals surface area contributed by atoms with Crippen LogP contribution in [0.3, 0.4) is 0 Å². The molecule has 1 saturated carbocycles. The van der Waals surface area contributed by atoms with E-state index in [0.717, 1.165) is 25.7 Å². The molecule has 0 atom stereocenters. The maximum atomic E-state index is 13.3. The fourth-order valence-electron chi connectivity index (χ4n) is 2.42. The van der Waals surface area contributed by atoms with Gasteiger partial charge in [-0.1, -0.05) is 6.07 Å². The lowest BCUT2D eigenvalue weighted by Crippen LogP contribution is -2.33. The van der Waals surface area contributed by atoms with Crippen LogP contribution in [0.1, 0.15) is 36.0 Å². The lowest BCUT2D eigenvalue weighted by molar-refractivity contribution is 0.0267. The third-order valence-electron chi connectivity index (χ3n) is 3.66. The van der Waals surface area contributed by atoms with Crippen LogP contribution in [0.4, 0.5) is 4.39 Å². The van der Waals surface area contributed by atoms with Crippen LogP contribution in [0.5, 0.6) is 0 Å². The molecule has 1 aromatic rings. The molecule has 0 radical (unpaired) electrons. The second kappa shape index (κ2) is 7.87. The lowest BCUT2D eigenvalue weighted by atomic mass is 9.94. The van der Waals surface area contributed by atoms with Gasteiger partial charge in [0.05, 0.1) is 22.7 Å². The van der Waals surface area contributed by atoms with Crippen molar-refractivity contribution >= 4 is 21.8 Å². The number of hydrogen-bond donors (Lipinski definition) is 2. The van der Waals surface area contributed by atoms with Crippen molar-refractivity contribution in [3.8, 4) is 0 Å². The summed E-state index contributed by atoms with van der Waals surface area (Å²) in [5.74, 6) is -0.756. The first-order chi connectivity index (χ1) is 10.1. The van der Waals surface area contributed by atoms with Crippen molar-refractivity contribution in [1.82, 2.24) is 5.32 Å². The molecule has 0 heterocycles. The highest BCUT2D eigenvalue weighted by molar-refractivity contribution is 9.10. The standard InChI is InChI=1S/C15H20BrFN2O2/c16-14-12(2-1-3-13(14)17)15(20)19-8-9-21-11-6-4-10(18)5-7-11/h1-3,10-11H,4-9,18H2,(H,19,20). The molecule has 6 heteroatoms. The summed E-state index contributed by atoms with van der Waals surface area (Å²) in [7, 11) is 0. The van der Waals surface area contributed by atoms with Crippen molar-refractivity contribution in [2.24, 2.45) is 5.73 Å². The first-order valence-corrected chi connectivity index (χ1v) is 7.96. The van der Waals surface area contributed by atoms with Crippen molar-refractivity contribution in [3.05, 3.63) is 34.1 Å². The highest BCUT2D eigenvalue weighted by Crippen LogP contribution is 2.21. The van der Waals surface area contributed by atoms with Crippen LogP contribution in [0.25, 0.3) is 0 Å². The fourth-order valence-corrected chi connectivity index (χ4v) is 2.86. The number of ether oxygens (including phenoxy) is 1. The van der Waals surface area contributed by atoms with Gasteiger partial charge in [0.1, 0.15) is 5.82 Å². The minimum absolute atomic E-state index is 0.185. The molecule has 1 amide bonds. The summed E-state index contributed by atoms with van der Waals surface area (Å²) >= 11 is 3.08. The first-order valence-electron chi connectivity index (χ1n) is 7.17. The third-order valence-corrected chi connectivity index (χ3v) is 4.46. The summed E-state index contributed by atoms with van der Waals surface area (Å²) in [6.07, 6.45) is 4.18. The number of amides is 1. The van der Waals surface area contributed by atoms with Gasteiger partial charge in [-0.05, 0) is 53.7 Å². The third kappa shape index (κ3) is 4.76. The van der Waals surface area contributed by atoms with Crippen molar-refractivity contribution in [3.63, 3.8) is 0 Å². The number of nitrogens with one attached hydrogen (secondary N) is 1. The number of carbonyl (C=O) groups is 1. The summed E-state index contributed by atoms with van der Waals surface area (Å²) in [4.78, 5) is 11.9. The Morgan fingerprint density at radius 1 is 1.38 bits per heavy atom. The van der Waals surface area contributed by atoms with Gasteiger partial charge in [-0.25, -0.2) is 4.39 Å². The summed E-state index contributed by atoms with van der Waals surface area (Å²) < 4.78 is 19.2. The van der Waals surface area contributed by atoms with Crippen molar-refractivity contribution in [2.75, 3.05) is 13.2 Å².